The van der Waals surface area contributed by atoms with Crippen molar-refractivity contribution in [1.29, 1.82) is 0 Å². The van der Waals surface area contributed by atoms with Crippen molar-refractivity contribution in [1.82, 2.24) is 0 Å². The van der Waals surface area contributed by atoms with E-state index >= 15 is 0 Å². The zero-order valence-electron chi connectivity index (χ0n) is 8.38. The molecule has 0 bridgehead atoms. The Morgan fingerprint density at radius 1 is 1.50 bits per heavy atom. The Morgan fingerprint density at radius 2 is 2.12 bits per heavy atom. The molecule has 0 spiro atoms. The van der Waals surface area contributed by atoms with Gasteiger partial charge in [0.25, 0.3) is 5.69 Å². The van der Waals surface area contributed by atoms with Crippen LogP contribution in [0, 0.1) is 10.1 Å². The maximum atomic E-state index is 10.7. The van der Waals surface area contributed by atoms with Crippen molar-refractivity contribution >= 4 is 29.9 Å². The Kier molecular flexibility index (Phi) is 3.59. The molecular formula is C8H9BN2O5. The number of nitrogens with zero attached hydrogens (tertiary/aromatic N) is 1. The van der Waals surface area contributed by atoms with Crippen molar-refractivity contribution in [2.75, 3.05) is 5.32 Å². The third kappa shape index (κ3) is 2.78. The lowest BCUT2D eigenvalue weighted by molar-refractivity contribution is -0.383. The van der Waals surface area contributed by atoms with Crippen LogP contribution in [0.1, 0.15) is 6.92 Å². The highest BCUT2D eigenvalue weighted by molar-refractivity contribution is 6.60. The van der Waals surface area contributed by atoms with E-state index in [2.05, 4.69) is 5.32 Å². The van der Waals surface area contributed by atoms with Gasteiger partial charge < -0.3 is 15.4 Å². The molecule has 0 aliphatic carbocycles. The number of carbonyl (C=O) groups is 1. The number of amides is 1. The summed E-state index contributed by atoms with van der Waals surface area (Å²) in [4.78, 5) is 20.6. The van der Waals surface area contributed by atoms with Crippen LogP contribution in [0.15, 0.2) is 18.2 Å². The molecule has 1 amide bonds. The van der Waals surface area contributed by atoms with E-state index in [9.17, 15) is 14.9 Å². The van der Waals surface area contributed by atoms with Crippen LogP contribution in [0.25, 0.3) is 0 Å². The molecule has 0 radical (unpaired) electrons. The van der Waals surface area contributed by atoms with E-state index in [1.54, 1.807) is 0 Å². The van der Waals surface area contributed by atoms with Gasteiger partial charge in [-0.15, -0.1) is 0 Å². The van der Waals surface area contributed by atoms with E-state index in [-0.39, 0.29) is 17.1 Å². The summed E-state index contributed by atoms with van der Waals surface area (Å²) >= 11 is 0. The standard InChI is InChI=1S/C8H9BN2O5/c1-5(12)10-6-2-3-8(11(15)16)7(4-6)9(13)14/h2-4,13-14H,1H3,(H,10,12). The molecule has 0 saturated carbocycles. The number of benzene rings is 1. The molecule has 7 nitrogen and oxygen atoms in total. The normalized spacial score (nSPS) is 9.69. The number of nitro benzene ring substituents is 1. The van der Waals surface area contributed by atoms with E-state index < -0.39 is 17.7 Å². The first-order chi connectivity index (χ1) is 7.41. The van der Waals surface area contributed by atoms with Gasteiger partial charge in [-0.05, 0) is 12.1 Å². The molecule has 0 atom stereocenters. The van der Waals surface area contributed by atoms with Crippen molar-refractivity contribution < 1.29 is 19.8 Å². The quantitative estimate of drug-likeness (QED) is 0.354. The first-order valence-corrected chi connectivity index (χ1v) is 4.34. The van der Waals surface area contributed by atoms with E-state index in [4.69, 9.17) is 10.0 Å². The Hall–Kier alpha value is -1.93. The van der Waals surface area contributed by atoms with Crippen LogP contribution in [-0.4, -0.2) is 28.0 Å². The fraction of sp³-hybridized carbons (Fsp3) is 0.125. The third-order valence-corrected chi connectivity index (χ3v) is 1.82. The molecule has 0 fully saturated rings. The number of anilines is 1. The number of rotatable bonds is 3. The molecule has 0 aromatic heterocycles. The molecule has 8 heteroatoms. The molecule has 1 aromatic rings. The molecule has 0 saturated heterocycles. The first kappa shape index (κ1) is 12.1. The highest BCUT2D eigenvalue weighted by Gasteiger charge is 2.24. The summed E-state index contributed by atoms with van der Waals surface area (Å²) in [6, 6.07) is 3.55. The summed E-state index contributed by atoms with van der Waals surface area (Å²) in [5.74, 6) is -0.354. The van der Waals surface area contributed by atoms with Gasteiger partial charge in [-0.3, -0.25) is 14.9 Å². The minimum absolute atomic E-state index is 0.265. The molecule has 0 unspecified atom stereocenters. The molecule has 1 rings (SSSR count). The molecule has 3 N–H and O–H groups in total. The average molecular weight is 224 g/mol. The Labute approximate surface area is 91.0 Å². The van der Waals surface area contributed by atoms with Gasteiger partial charge in [0.1, 0.15) is 0 Å². The molecule has 0 aliphatic rings. The van der Waals surface area contributed by atoms with Crippen molar-refractivity contribution in [2.24, 2.45) is 0 Å². The van der Waals surface area contributed by atoms with Crippen LogP contribution in [0.4, 0.5) is 11.4 Å². The van der Waals surface area contributed by atoms with Gasteiger partial charge in [0, 0.05) is 18.7 Å². The molecule has 0 aliphatic heterocycles. The minimum atomic E-state index is -1.96. The molecule has 16 heavy (non-hydrogen) atoms. The van der Waals surface area contributed by atoms with Gasteiger partial charge in [-0.2, -0.15) is 0 Å². The van der Waals surface area contributed by atoms with Crippen LogP contribution >= 0.6 is 0 Å². The maximum Gasteiger partial charge on any atom is 0.495 e. The molecule has 84 valence electrons. The van der Waals surface area contributed by atoms with Gasteiger partial charge in [0.15, 0.2) is 0 Å². The second-order valence-electron chi connectivity index (χ2n) is 3.09. The number of nitro groups is 1. The number of carbonyl (C=O) groups excluding carboxylic acids is 1. The average Bonchev–Trinajstić information content (AvgIpc) is 2.16. The maximum absolute atomic E-state index is 10.7. The van der Waals surface area contributed by atoms with E-state index in [1.807, 2.05) is 0 Å². The highest BCUT2D eigenvalue weighted by atomic mass is 16.6. The van der Waals surface area contributed by atoms with Gasteiger partial charge >= 0.3 is 7.12 Å². The largest absolute Gasteiger partial charge is 0.495 e. The summed E-state index contributed by atoms with van der Waals surface area (Å²) in [5, 5.41) is 30.8. The van der Waals surface area contributed by atoms with E-state index in [0.29, 0.717) is 0 Å². The Bertz CT molecular complexity index is 434. The number of nitrogens with one attached hydrogen (secondary N) is 1. The zero-order valence-corrected chi connectivity index (χ0v) is 8.38. The van der Waals surface area contributed by atoms with E-state index in [1.165, 1.54) is 13.0 Å². The van der Waals surface area contributed by atoms with Crippen LogP contribution < -0.4 is 10.8 Å². The topological polar surface area (TPSA) is 113 Å². The Morgan fingerprint density at radius 3 is 2.56 bits per heavy atom. The summed E-state index contributed by atoms with van der Waals surface area (Å²) in [6.45, 7) is 1.27. The fourth-order valence-electron chi connectivity index (χ4n) is 1.21. The first-order valence-electron chi connectivity index (χ1n) is 4.34. The van der Waals surface area contributed by atoms with Gasteiger partial charge in [-0.25, -0.2) is 0 Å². The third-order valence-electron chi connectivity index (χ3n) is 1.82. The minimum Gasteiger partial charge on any atom is -0.423 e. The molecular weight excluding hydrogens is 215 g/mol. The molecule has 1 aromatic carbocycles. The zero-order chi connectivity index (χ0) is 12.3. The predicted octanol–water partition coefficient (Wildman–Crippen LogP) is -0.767. The second-order valence-corrected chi connectivity index (χ2v) is 3.09. The summed E-state index contributed by atoms with van der Waals surface area (Å²) in [5.41, 5.74) is -0.415. The number of hydrogen-bond donors (Lipinski definition) is 3. The van der Waals surface area contributed by atoms with Crippen LogP contribution in [0.3, 0.4) is 0 Å². The second kappa shape index (κ2) is 4.73. The monoisotopic (exact) mass is 224 g/mol. The van der Waals surface area contributed by atoms with Crippen molar-refractivity contribution in [2.45, 2.75) is 6.92 Å². The summed E-state index contributed by atoms with van der Waals surface area (Å²) in [6.07, 6.45) is 0. The van der Waals surface area contributed by atoms with E-state index in [0.717, 1.165) is 12.1 Å². The van der Waals surface area contributed by atoms with Gasteiger partial charge in [-0.1, -0.05) is 0 Å². The van der Waals surface area contributed by atoms with Crippen molar-refractivity contribution in [3.05, 3.63) is 28.3 Å². The predicted molar refractivity (Wildman–Crippen MR) is 57.2 cm³/mol. The fourth-order valence-corrected chi connectivity index (χ4v) is 1.21. The van der Waals surface area contributed by atoms with Crippen LogP contribution in [-0.2, 0) is 4.79 Å². The molecule has 0 heterocycles. The number of hydrogen-bond acceptors (Lipinski definition) is 5. The van der Waals surface area contributed by atoms with Crippen LogP contribution in [0.5, 0.6) is 0 Å². The lowest BCUT2D eigenvalue weighted by Crippen LogP contribution is -2.32. The van der Waals surface area contributed by atoms with Crippen molar-refractivity contribution in [3.63, 3.8) is 0 Å². The smallest absolute Gasteiger partial charge is 0.423 e. The lowest BCUT2D eigenvalue weighted by Gasteiger charge is -2.05. The van der Waals surface area contributed by atoms with Crippen molar-refractivity contribution in [3.8, 4) is 0 Å². The van der Waals surface area contributed by atoms with Gasteiger partial charge in [0.2, 0.25) is 5.91 Å². The summed E-state index contributed by atoms with van der Waals surface area (Å²) in [7, 11) is -1.96. The van der Waals surface area contributed by atoms with Crippen LogP contribution in [0.2, 0.25) is 0 Å². The SMILES string of the molecule is CC(=O)Nc1ccc([N+](=O)[O-])c(B(O)O)c1. The Balaban J connectivity index is 3.17. The van der Waals surface area contributed by atoms with Gasteiger partial charge in [0.05, 0.1) is 10.4 Å². The summed E-state index contributed by atoms with van der Waals surface area (Å²) < 4.78 is 0. The lowest BCUT2D eigenvalue weighted by atomic mass is 9.79. The highest BCUT2D eigenvalue weighted by Crippen LogP contribution is 2.13.